The molecule has 0 amide bonds. The summed E-state index contributed by atoms with van der Waals surface area (Å²) in [5.41, 5.74) is 0.104. The maximum Gasteiger partial charge on any atom is 0.339 e. The maximum atomic E-state index is 10.9. The molecule has 6 heteroatoms. The second-order valence-electron chi connectivity index (χ2n) is 3.63. The highest BCUT2D eigenvalue weighted by atomic mass is 16.6. The van der Waals surface area contributed by atoms with E-state index < -0.39 is 11.9 Å². The average Bonchev–Trinajstić information content (AvgIpc) is 2.46. The lowest BCUT2D eigenvalue weighted by Gasteiger charge is -2.09. The molecule has 0 bridgehead atoms. The van der Waals surface area contributed by atoms with E-state index in [1.54, 1.807) is 18.2 Å². The van der Waals surface area contributed by atoms with Gasteiger partial charge in [0.1, 0.15) is 24.5 Å². The van der Waals surface area contributed by atoms with Crippen LogP contribution in [0.15, 0.2) is 36.9 Å². The molecule has 1 aromatic carbocycles. The largest absolute Gasteiger partial charge is 0.490 e. The summed E-state index contributed by atoms with van der Waals surface area (Å²) in [6.45, 7) is 4.11. The summed E-state index contributed by atoms with van der Waals surface area (Å²) in [6.07, 6.45) is 1.08. The van der Waals surface area contributed by atoms with Crippen LogP contribution in [0.2, 0.25) is 0 Å². The van der Waals surface area contributed by atoms with Crippen LogP contribution >= 0.6 is 0 Å². The number of para-hydroxylation sites is 1. The number of hydrogen-bond donors (Lipinski definition) is 1. The molecule has 0 aliphatic rings. The van der Waals surface area contributed by atoms with Crippen LogP contribution in [0.5, 0.6) is 5.75 Å². The number of carbonyl (C=O) groups is 2. The molecule has 0 radical (unpaired) electrons. The first-order chi connectivity index (χ1) is 9.65. The molecule has 1 rings (SSSR count). The number of ether oxygens (including phenoxy) is 3. The number of hydrogen-bond acceptors (Lipinski definition) is 5. The van der Waals surface area contributed by atoms with Gasteiger partial charge in [-0.25, -0.2) is 9.59 Å². The quantitative estimate of drug-likeness (QED) is 0.419. The third kappa shape index (κ3) is 5.53. The highest BCUT2D eigenvalue weighted by molar-refractivity contribution is 5.90. The van der Waals surface area contributed by atoms with Crippen molar-refractivity contribution in [2.75, 3.05) is 26.4 Å². The normalized spacial score (nSPS) is 9.80. The Morgan fingerprint density at radius 3 is 2.55 bits per heavy atom. The van der Waals surface area contributed by atoms with Gasteiger partial charge in [-0.2, -0.15) is 0 Å². The molecule has 0 aromatic heterocycles. The molecular weight excluding hydrogens is 264 g/mol. The van der Waals surface area contributed by atoms with E-state index in [0.717, 1.165) is 6.08 Å². The van der Waals surface area contributed by atoms with Crippen molar-refractivity contribution in [3.8, 4) is 5.75 Å². The molecule has 6 nitrogen and oxygen atoms in total. The number of carbonyl (C=O) groups excluding carboxylic acids is 1. The third-order valence-electron chi connectivity index (χ3n) is 2.24. The average molecular weight is 280 g/mol. The Hall–Kier alpha value is -2.34. The van der Waals surface area contributed by atoms with Crippen LogP contribution in [0.4, 0.5) is 0 Å². The van der Waals surface area contributed by atoms with Crippen molar-refractivity contribution < 1.29 is 28.9 Å². The lowest BCUT2D eigenvalue weighted by Crippen LogP contribution is -2.13. The Balaban J connectivity index is 2.20. The SMILES string of the molecule is C=CC(=O)OCCOCCOc1ccccc1C(=O)O. The van der Waals surface area contributed by atoms with E-state index in [0.29, 0.717) is 5.75 Å². The second kappa shape index (κ2) is 8.71. The fourth-order valence-electron chi connectivity index (χ4n) is 1.34. The van der Waals surface area contributed by atoms with Gasteiger partial charge in [0.15, 0.2) is 0 Å². The van der Waals surface area contributed by atoms with Gasteiger partial charge in [0.25, 0.3) is 0 Å². The Morgan fingerprint density at radius 1 is 1.15 bits per heavy atom. The molecule has 20 heavy (non-hydrogen) atoms. The van der Waals surface area contributed by atoms with Crippen LogP contribution in [0.25, 0.3) is 0 Å². The van der Waals surface area contributed by atoms with Gasteiger partial charge in [-0.05, 0) is 12.1 Å². The van der Waals surface area contributed by atoms with Crippen LogP contribution in [0.3, 0.4) is 0 Å². The summed E-state index contributed by atoms with van der Waals surface area (Å²) >= 11 is 0. The molecule has 0 unspecified atom stereocenters. The Labute approximate surface area is 116 Å². The number of aromatic carboxylic acids is 1. The van der Waals surface area contributed by atoms with E-state index in [2.05, 4.69) is 6.58 Å². The Morgan fingerprint density at radius 2 is 1.85 bits per heavy atom. The zero-order chi connectivity index (χ0) is 14.8. The first-order valence-corrected chi connectivity index (χ1v) is 5.97. The van der Waals surface area contributed by atoms with Gasteiger partial charge in [0.2, 0.25) is 0 Å². The van der Waals surface area contributed by atoms with Crippen LogP contribution in [0, 0.1) is 0 Å². The number of carboxylic acids is 1. The minimum atomic E-state index is -1.04. The number of benzene rings is 1. The van der Waals surface area contributed by atoms with Crippen LogP contribution in [-0.4, -0.2) is 43.5 Å². The Kier molecular flexibility index (Phi) is 6.84. The molecule has 1 aromatic rings. The molecule has 1 N–H and O–H groups in total. The smallest absolute Gasteiger partial charge is 0.339 e. The summed E-state index contributed by atoms with van der Waals surface area (Å²) in [6, 6.07) is 6.36. The second-order valence-corrected chi connectivity index (χ2v) is 3.63. The minimum absolute atomic E-state index is 0.104. The lowest BCUT2D eigenvalue weighted by atomic mass is 10.2. The molecule has 0 saturated carbocycles. The molecule has 108 valence electrons. The molecule has 0 spiro atoms. The molecule has 0 aliphatic heterocycles. The summed E-state index contributed by atoms with van der Waals surface area (Å²) in [7, 11) is 0. The van der Waals surface area contributed by atoms with E-state index in [1.165, 1.54) is 6.07 Å². The molecule has 0 aliphatic carbocycles. The van der Waals surface area contributed by atoms with E-state index in [-0.39, 0.29) is 32.0 Å². The number of carboxylic acid groups (broad SMARTS) is 1. The van der Waals surface area contributed by atoms with Crippen molar-refractivity contribution in [1.82, 2.24) is 0 Å². The summed E-state index contributed by atoms with van der Waals surface area (Å²) in [5, 5.41) is 8.95. The van der Waals surface area contributed by atoms with Gasteiger partial charge in [0, 0.05) is 6.08 Å². The minimum Gasteiger partial charge on any atom is -0.490 e. The van der Waals surface area contributed by atoms with Crippen molar-refractivity contribution in [3.63, 3.8) is 0 Å². The van der Waals surface area contributed by atoms with Crippen molar-refractivity contribution in [3.05, 3.63) is 42.5 Å². The molecule has 0 saturated heterocycles. The standard InChI is InChI=1S/C14H16O6/c1-2-13(15)20-10-8-18-7-9-19-12-6-4-3-5-11(12)14(16)17/h2-6H,1,7-10H2,(H,16,17). The van der Waals surface area contributed by atoms with E-state index in [9.17, 15) is 9.59 Å². The van der Waals surface area contributed by atoms with E-state index in [4.69, 9.17) is 19.3 Å². The summed E-state index contributed by atoms with van der Waals surface area (Å²) < 4.78 is 15.2. The van der Waals surface area contributed by atoms with Crippen LogP contribution < -0.4 is 4.74 Å². The fraction of sp³-hybridized carbons (Fsp3) is 0.286. The highest BCUT2D eigenvalue weighted by Crippen LogP contribution is 2.17. The number of esters is 1. The third-order valence-corrected chi connectivity index (χ3v) is 2.24. The predicted molar refractivity (Wildman–Crippen MR) is 70.9 cm³/mol. The topological polar surface area (TPSA) is 82.1 Å². The van der Waals surface area contributed by atoms with Gasteiger partial charge in [-0.15, -0.1) is 0 Å². The first-order valence-electron chi connectivity index (χ1n) is 5.97. The summed E-state index contributed by atoms with van der Waals surface area (Å²) in [4.78, 5) is 21.6. The van der Waals surface area contributed by atoms with E-state index >= 15 is 0 Å². The van der Waals surface area contributed by atoms with Gasteiger partial charge < -0.3 is 19.3 Å². The zero-order valence-corrected chi connectivity index (χ0v) is 10.9. The first kappa shape index (κ1) is 15.7. The van der Waals surface area contributed by atoms with Crippen molar-refractivity contribution in [2.24, 2.45) is 0 Å². The molecule has 0 atom stereocenters. The van der Waals surface area contributed by atoms with Gasteiger partial charge in [0.05, 0.1) is 13.2 Å². The van der Waals surface area contributed by atoms with Crippen LogP contribution in [-0.2, 0) is 14.3 Å². The van der Waals surface area contributed by atoms with Crippen molar-refractivity contribution in [1.29, 1.82) is 0 Å². The van der Waals surface area contributed by atoms with Crippen molar-refractivity contribution in [2.45, 2.75) is 0 Å². The maximum absolute atomic E-state index is 10.9. The fourth-order valence-corrected chi connectivity index (χ4v) is 1.34. The lowest BCUT2D eigenvalue weighted by molar-refractivity contribution is -0.139. The highest BCUT2D eigenvalue weighted by Gasteiger charge is 2.09. The van der Waals surface area contributed by atoms with Gasteiger partial charge in [-0.1, -0.05) is 18.7 Å². The summed E-state index contributed by atoms with van der Waals surface area (Å²) in [5.74, 6) is -1.25. The van der Waals surface area contributed by atoms with E-state index in [1.807, 2.05) is 0 Å². The molecular formula is C14H16O6. The number of rotatable bonds is 9. The molecule has 0 fully saturated rings. The van der Waals surface area contributed by atoms with Crippen molar-refractivity contribution >= 4 is 11.9 Å². The Bertz CT molecular complexity index is 468. The van der Waals surface area contributed by atoms with Gasteiger partial charge >= 0.3 is 11.9 Å². The monoisotopic (exact) mass is 280 g/mol. The molecule has 0 heterocycles. The van der Waals surface area contributed by atoms with Gasteiger partial charge in [-0.3, -0.25) is 0 Å². The predicted octanol–water partition coefficient (Wildman–Crippen LogP) is 1.51. The van der Waals surface area contributed by atoms with Crippen LogP contribution in [0.1, 0.15) is 10.4 Å². The zero-order valence-electron chi connectivity index (χ0n) is 10.9.